The Kier molecular flexibility index (Phi) is 9.20. The predicted octanol–water partition coefficient (Wildman–Crippen LogP) is -1.16. The maximum absolute atomic E-state index is 4.00. The van der Waals surface area contributed by atoms with Gasteiger partial charge in [-0.15, -0.1) is 0 Å². The van der Waals surface area contributed by atoms with E-state index in [0.717, 1.165) is 0 Å². The van der Waals surface area contributed by atoms with Crippen molar-refractivity contribution >= 4 is 0 Å². The summed E-state index contributed by atoms with van der Waals surface area (Å²) < 4.78 is 0. The van der Waals surface area contributed by atoms with Gasteiger partial charge in [-0.1, -0.05) is 0 Å². The molecule has 0 unspecified atom stereocenters. The van der Waals surface area contributed by atoms with Crippen LogP contribution in [-0.4, -0.2) is 38.2 Å². The monoisotopic (exact) mass is 120 g/mol. The van der Waals surface area contributed by atoms with Crippen LogP contribution < -0.4 is 11.7 Å². The second-order valence-corrected chi connectivity index (χ2v) is 1.69. The van der Waals surface area contributed by atoms with Gasteiger partial charge in [0.25, 0.3) is 0 Å². The van der Waals surface area contributed by atoms with Crippen molar-refractivity contribution in [3.05, 3.63) is 0 Å². The molecule has 0 bridgehead atoms. The molecule has 0 fully saturated rings. The van der Waals surface area contributed by atoms with E-state index in [1.807, 2.05) is 38.2 Å². The lowest BCUT2D eigenvalue weighted by molar-refractivity contribution is 0.0894. The van der Waals surface area contributed by atoms with Crippen LogP contribution >= 0.6 is 0 Å². The molecule has 0 radical (unpaired) electrons. The number of hydrogen-bond donors (Lipinski definition) is 2. The van der Waals surface area contributed by atoms with Crippen LogP contribution in [0.1, 0.15) is 0 Å². The maximum atomic E-state index is 4.00. The van der Waals surface area contributed by atoms with Crippen LogP contribution in [0.25, 0.3) is 0 Å². The average Bonchev–Trinajstić information content (AvgIpc) is 1.72. The molecule has 8 heavy (non-hydrogen) atoms. The fourth-order valence-corrected chi connectivity index (χ4v) is 0. The van der Waals surface area contributed by atoms with E-state index in [0.29, 0.717) is 0 Å². The average molecular weight is 120 g/mol. The molecule has 4 N–H and O–H groups in total. The Morgan fingerprint density at radius 2 is 0.875 bits per heavy atom. The summed E-state index contributed by atoms with van der Waals surface area (Å²) in [7, 11) is 8.00. The van der Waals surface area contributed by atoms with Gasteiger partial charge in [0.1, 0.15) is 0 Å². The minimum Gasteiger partial charge on any atom is -0.274 e. The fourth-order valence-electron chi connectivity index (χ4n) is 0. The molecular weight excluding hydrogens is 104 g/mol. The standard InChI is InChI=1S/C4H12N2.H4N2/c1-5(2)6(3)4;1-2/h1-4H3;1-2H2. The summed E-state index contributed by atoms with van der Waals surface area (Å²) in [5.74, 6) is 8.00. The molecule has 4 nitrogen and oxygen atoms in total. The van der Waals surface area contributed by atoms with Crippen molar-refractivity contribution in [1.82, 2.24) is 10.0 Å². The second-order valence-electron chi connectivity index (χ2n) is 1.69. The van der Waals surface area contributed by atoms with Gasteiger partial charge < -0.3 is 0 Å². The van der Waals surface area contributed by atoms with Crippen LogP contribution in [0.15, 0.2) is 0 Å². The number of rotatable bonds is 1. The molecule has 0 aromatic carbocycles. The number of hydrogen-bond acceptors (Lipinski definition) is 4. The van der Waals surface area contributed by atoms with Crippen LogP contribution in [0, 0.1) is 0 Å². The summed E-state index contributed by atoms with van der Waals surface area (Å²) in [5, 5.41) is 4.00. The van der Waals surface area contributed by atoms with Gasteiger partial charge in [-0.3, -0.25) is 11.7 Å². The van der Waals surface area contributed by atoms with E-state index in [1.54, 1.807) is 0 Å². The zero-order valence-electron chi connectivity index (χ0n) is 6.05. The highest BCUT2D eigenvalue weighted by Gasteiger charge is 1.84. The first-order valence-electron chi connectivity index (χ1n) is 2.32. The first-order valence-corrected chi connectivity index (χ1v) is 2.32. The van der Waals surface area contributed by atoms with Crippen LogP contribution in [0.5, 0.6) is 0 Å². The van der Waals surface area contributed by atoms with Crippen molar-refractivity contribution in [2.24, 2.45) is 11.7 Å². The van der Waals surface area contributed by atoms with E-state index in [1.165, 1.54) is 0 Å². The molecule has 0 aliphatic heterocycles. The van der Waals surface area contributed by atoms with Gasteiger partial charge >= 0.3 is 0 Å². The Balaban J connectivity index is 0. The van der Waals surface area contributed by atoms with E-state index < -0.39 is 0 Å². The van der Waals surface area contributed by atoms with Crippen molar-refractivity contribution in [2.75, 3.05) is 28.2 Å². The molecule has 0 aliphatic carbocycles. The van der Waals surface area contributed by atoms with Gasteiger partial charge in [0, 0.05) is 28.2 Å². The zero-order valence-corrected chi connectivity index (χ0v) is 6.05. The molecule has 0 spiro atoms. The molecule has 0 aromatic rings. The number of nitrogens with two attached hydrogens (primary N) is 2. The molecule has 0 rings (SSSR count). The van der Waals surface area contributed by atoms with Gasteiger partial charge in [0.15, 0.2) is 0 Å². The minimum absolute atomic E-state index is 2.00. The molecule has 0 aromatic heterocycles. The van der Waals surface area contributed by atoms with E-state index >= 15 is 0 Å². The molecule has 0 aliphatic rings. The lowest BCUT2D eigenvalue weighted by atomic mass is 11.0. The van der Waals surface area contributed by atoms with Crippen LogP contribution in [0.4, 0.5) is 0 Å². The normalized spacial score (nSPS) is 9.00. The summed E-state index contributed by atoms with van der Waals surface area (Å²) in [6, 6.07) is 0. The fraction of sp³-hybridized carbons (Fsp3) is 1.00. The first kappa shape index (κ1) is 10.8. The number of nitrogens with zero attached hydrogens (tertiary/aromatic N) is 2. The van der Waals surface area contributed by atoms with Crippen molar-refractivity contribution in [1.29, 1.82) is 0 Å². The molecular formula is C4H16N4. The molecule has 0 heterocycles. The molecule has 52 valence electrons. The summed E-state index contributed by atoms with van der Waals surface area (Å²) in [6.45, 7) is 0. The zero-order chi connectivity index (χ0) is 7.15. The van der Waals surface area contributed by atoms with E-state index in [4.69, 9.17) is 0 Å². The third kappa shape index (κ3) is 9.28. The highest BCUT2D eigenvalue weighted by atomic mass is 15.6. The summed E-state index contributed by atoms with van der Waals surface area (Å²) in [6.07, 6.45) is 0. The largest absolute Gasteiger partial charge is 0.274 e. The molecule has 0 saturated heterocycles. The molecule has 0 saturated carbocycles. The first-order chi connectivity index (χ1) is 3.64. The Labute approximate surface area is 51.0 Å². The van der Waals surface area contributed by atoms with Gasteiger partial charge in [0.2, 0.25) is 0 Å². The molecule has 0 atom stereocenters. The van der Waals surface area contributed by atoms with Crippen LogP contribution in [0.3, 0.4) is 0 Å². The Bertz CT molecular complexity index is 29.0. The smallest absolute Gasteiger partial charge is 0.00151 e. The minimum atomic E-state index is 2.00. The highest BCUT2D eigenvalue weighted by molar-refractivity contribution is 4.21. The van der Waals surface area contributed by atoms with Crippen molar-refractivity contribution in [3.63, 3.8) is 0 Å². The van der Waals surface area contributed by atoms with Gasteiger partial charge in [0.05, 0.1) is 0 Å². The van der Waals surface area contributed by atoms with Gasteiger partial charge in [-0.05, 0) is 0 Å². The topological polar surface area (TPSA) is 58.5 Å². The van der Waals surface area contributed by atoms with Crippen molar-refractivity contribution in [3.8, 4) is 0 Å². The maximum Gasteiger partial charge on any atom is 0.00151 e. The van der Waals surface area contributed by atoms with Crippen LogP contribution in [0.2, 0.25) is 0 Å². The summed E-state index contributed by atoms with van der Waals surface area (Å²) >= 11 is 0. The van der Waals surface area contributed by atoms with Crippen LogP contribution in [-0.2, 0) is 0 Å². The number of hydrazine groups is 2. The van der Waals surface area contributed by atoms with Gasteiger partial charge in [-0.2, -0.15) is 0 Å². The van der Waals surface area contributed by atoms with E-state index in [2.05, 4.69) is 11.7 Å². The third-order valence-electron chi connectivity index (χ3n) is 0.800. The lowest BCUT2D eigenvalue weighted by Gasteiger charge is -2.17. The third-order valence-corrected chi connectivity index (χ3v) is 0.800. The highest BCUT2D eigenvalue weighted by Crippen LogP contribution is 1.72. The van der Waals surface area contributed by atoms with Crippen molar-refractivity contribution < 1.29 is 0 Å². The molecule has 0 amide bonds. The van der Waals surface area contributed by atoms with Gasteiger partial charge in [-0.25, -0.2) is 10.0 Å². The van der Waals surface area contributed by atoms with E-state index in [-0.39, 0.29) is 0 Å². The SMILES string of the molecule is CN(C)N(C)C.NN. The van der Waals surface area contributed by atoms with E-state index in [9.17, 15) is 0 Å². The lowest BCUT2D eigenvalue weighted by Crippen LogP contribution is -2.28. The summed E-state index contributed by atoms with van der Waals surface area (Å²) in [5.41, 5.74) is 0. The van der Waals surface area contributed by atoms with Crippen molar-refractivity contribution in [2.45, 2.75) is 0 Å². The summed E-state index contributed by atoms with van der Waals surface area (Å²) in [4.78, 5) is 0. The Morgan fingerprint density at radius 3 is 0.875 bits per heavy atom. The predicted molar refractivity (Wildman–Crippen MR) is 35.7 cm³/mol. The Hall–Kier alpha value is -0.160. The second kappa shape index (κ2) is 6.84. The molecule has 4 heteroatoms. The Morgan fingerprint density at radius 1 is 0.750 bits per heavy atom. The quantitative estimate of drug-likeness (QED) is 0.338.